The predicted molar refractivity (Wildman–Crippen MR) is 88.2 cm³/mol. The number of nitrogens with one attached hydrogen (secondary N) is 1. The van der Waals surface area contributed by atoms with Crippen molar-refractivity contribution in [3.63, 3.8) is 0 Å². The summed E-state index contributed by atoms with van der Waals surface area (Å²) in [5.41, 5.74) is 2.22. The van der Waals surface area contributed by atoms with E-state index >= 15 is 0 Å². The van der Waals surface area contributed by atoms with Crippen molar-refractivity contribution in [2.75, 3.05) is 31.1 Å². The third-order valence-electron chi connectivity index (χ3n) is 4.41. The minimum absolute atomic E-state index is 0.479. The molecule has 1 unspecified atom stereocenters. The van der Waals surface area contributed by atoms with Crippen molar-refractivity contribution in [2.45, 2.75) is 13.0 Å². The molecule has 0 aliphatic carbocycles. The third kappa shape index (κ3) is 2.36. The molecule has 3 aromatic heterocycles. The molecule has 0 amide bonds. The smallest absolute Gasteiger partial charge is 0.160 e. The van der Waals surface area contributed by atoms with E-state index in [1.54, 1.807) is 17.7 Å². The van der Waals surface area contributed by atoms with Gasteiger partial charge < -0.3 is 4.90 Å². The van der Waals surface area contributed by atoms with Crippen LogP contribution in [0.4, 0.5) is 5.82 Å². The van der Waals surface area contributed by atoms with Crippen molar-refractivity contribution < 1.29 is 0 Å². The average Bonchev–Trinajstić information content (AvgIpc) is 3.25. The van der Waals surface area contributed by atoms with Crippen LogP contribution < -0.4 is 4.90 Å². The monoisotopic (exact) mass is 314 g/mol. The zero-order valence-corrected chi connectivity index (χ0v) is 13.3. The van der Waals surface area contributed by atoms with Gasteiger partial charge in [0.05, 0.1) is 11.6 Å². The van der Waals surface area contributed by atoms with Gasteiger partial charge in [0, 0.05) is 32.2 Å². The second kappa shape index (κ2) is 5.66. The van der Waals surface area contributed by atoms with Crippen molar-refractivity contribution in [3.05, 3.63) is 34.9 Å². The van der Waals surface area contributed by atoms with E-state index in [0.717, 1.165) is 43.0 Å². The van der Waals surface area contributed by atoms with E-state index in [1.807, 2.05) is 6.20 Å². The number of aromatic amines is 1. The number of H-pyrrole nitrogens is 1. The number of hydrogen-bond acceptors (Lipinski definition) is 6. The zero-order valence-electron chi connectivity index (χ0n) is 12.4. The van der Waals surface area contributed by atoms with Crippen LogP contribution in [0.2, 0.25) is 0 Å². The van der Waals surface area contributed by atoms with Gasteiger partial charge in [0.25, 0.3) is 0 Å². The fourth-order valence-corrected chi connectivity index (χ4v) is 3.80. The molecule has 7 heteroatoms. The van der Waals surface area contributed by atoms with Crippen LogP contribution in [0.25, 0.3) is 11.0 Å². The Hall–Kier alpha value is -1.99. The Kier molecular flexibility index (Phi) is 3.51. The molecule has 1 atom stereocenters. The average molecular weight is 314 g/mol. The van der Waals surface area contributed by atoms with E-state index in [4.69, 9.17) is 0 Å². The van der Waals surface area contributed by atoms with Gasteiger partial charge in [-0.3, -0.25) is 10.00 Å². The van der Waals surface area contributed by atoms with E-state index in [-0.39, 0.29) is 0 Å². The number of piperazine rings is 1. The molecule has 0 radical (unpaired) electrons. The third-order valence-corrected chi connectivity index (χ3v) is 5.12. The fraction of sp³-hybridized carbons (Fsp3) is 0.400. The molecular weight excluding hydrogens is 296 g/mol. The Bertz CT molecular complexity index is 744. The van der Waals surface area contributed by atoms with E-state index in [2.05, 4.69) is 53.7 Å². The summed E-state index contributed by atoms with van der Waals surface area (Å²) in [5.74, 6) is 0.988. The van der Waals surface area contributed by atoms with Crippen LogP contribution in [0.1, 0.15) is 18.5 Å². The van der Waals surface area contributed by atoms with Crippen molar-refractivity contribution in [2.24, 2.45) is 0 Å². The van der Waals surface area contributed by atoms with Gasteiger partial charge >= 0.3 is 0 Å². The molecule has 22 heavy (non-hydrogen) atoms. The maximum Gasteiger partial charge on any atom is 0.160 e. The van der Waals surface area contributed by atoms with Crippen LogP contribution in [0.15, 0.2) is 29.4 Å². The number of hydrogen-bond donors (Lipinski definition) is 1. The summed E-state index contributed by atoms with van der Waals surface area (Å²) in [7, 11) is 0. The molecule has 1 fully saturated rings. The van der Waals surface area contributed by atoms with Crippen LogP contribution in [0, 0.1) is 0 Å². The summed E-state index contributed by atoms with van der Waals surface area (Å²) in [6.07, 6.45) is 3.42. The molecule has 0 bridgehead atoms. The van der Waals surface area contributed by atoms with Gasteiger partial charge in [0.1, 0.15) is 12.1 Å². The van der Waals surface area contributed by atoms with Gasteiger partial charge in [-0.1, -0.05) is 0 Å². The largest absolute Gasteiger partial charge is 0.353 e. The van der Waals surface area contributed by atoms with E-state index in [0.29, 0.717) is 6.04 Å². The van der Waals surface area contributed by atoms with Gasteiger partial charge in [-0.05, 0) is 29.3 Å². The highest BCUT2D eigenvalue weighted by Crippen LogP contribution is 2.26. The Labute approximate surface area is 132 Å². The van der Waals surface area contributed by atoms with Gasteiger partial charge in [-0.25, -0.2) is 9.97 Å². The van der Waals surface area contributed by atoms with Crippen molar-refractivity contribution >= 4 is 28.2 Å². The molecule has 4 heterocycles. The highest BCUT2D eigenvalue weighted by atomic mass is 32.1. The maximum absolute atomic E-state index is 4.46. The summed E-state index contributed by atoms with van der Waals surface area (Å²) in [6.45, 7) is 6.33. The predicted octanol–water partition coefficient (Wildman–Crippen LogP) is 2.30. The molecule has 1 aliphatic heterocycles. The molecule has 0 spiro atoms. The van der Waals surface area contributed by atoms with E-state index in [9.17, 15) is 0 Å². The van der Waals surface area contributed by atoms with E-state index in [1.165, 1.54) is 5.56 Å². The molecule has 1 aliphatic rings. The summed E-state index contributed by atoms with van der Waals surface area (Å²) >= 11 is 1.77. The molecule has 0 aromatic carbocycles. The molecule has 114 valence electrons. The lowest BCUT2D eigenvalue weighted by Crippen LogP contribution is -2.47. The lowest BCUT2D eigenvalue weighted by Gasteiger charge is -2.38. The molecular formula is C15H18N6S. The quantitative estimate of drug-likeness (QED) is 0.804. The summed E-state index contributed by atoms with van der Waals surface area (Å²) in [4.78, 5) is 13.5. The van der Waals surface area contributed by atoms with Crippen LogP contribution in [0.5, 0.6) is 0 Å². The minimum atomic E-state index is 0.479. The summed E-state index contributed by atoms with van der Waals surface area (Å²) in [5, 5.41) is 12.4. The Morgan fingerprint density at radius 2 is 2.09 bits per heavy atom. The van der Waals surface area contributed by atoms with Crippen LogP contribution >= 0.6 is 11.3 Å². The molecule has 3 aromatic rings. The first kappa shape index (κ1) is 13.7. The molecule has 4 rings (SSSR count). The summed E-state index contributed by atoms with van der Waals surface area (Å²) < 4.78 is 0. The maximum atomic E-state index is 4.46. The number of fused-ring (bicyclic) bond motifs is 1. The molecule has 1 N–H and O–H groups in total. The number of thiophene rings is 1. The topological polar surface area (TPSA) is 60.9 Å². The van der Waals surface area contributed by atoms with Crippen molar-refractivity contribution in [1.29, 1.82) is 0 Å². The van der Waals surface area contributed by atoms with Crippen molar-refractivity contribution in [3.8, 4) is 0 Å². The van der Waals surface area contributed by atoms with Crippen LogP contribution in [-0.2, 0) is 0 Å². The second-order valence-corrected chi connectivity index (χ2v) is 6.37. The number of anilines is 1. The highest BCUT2D eigenvalue weighted by molar-refractivity contribution is 7.07. The lowest BCUT2D eigenvalue weighted by atomic mass is 10.1. The minimum Gasteiger partial charge on any atom is -0.353 e. The number of rotatable bonds is 3. The first-order valence-electron chi connectivity index (χ1n) is 7.48. The highest BCUT2D eigenvalue weighted by Gasteiger charge is 2.24. The normalized spacial score (nSPS) is 18.0. The first-order valence-corrected chi connectivity index (χ1v) is 8.42. The lowest BCUT2D eigenvalue weighted by molar-refractivity contribution is 0.198. The Balaban J connectivity index is 1.49. The van der Waals surface area contributed by atoms with Gasteiger partial charge in [-0.2, -0.15) is 16.4 Å². The second-order valence-electron chi connectivity index (χ2n) is 5.59. The first-order chi connectivity index (χ1) is 10.8. The Morgan fingerprint density at radius 3 is 2.86 bits per heavy atom. The van der Waals surface area contributed by atoms with Gasteiger partial charge in [0.15, 0.2) is 5.65 Å². The molecule has 1 saturated heterocycles. The zero-order chi connectivity index (χ0) is 14.9. The van der Waals surface area contributed by atoms with E-state index < -0.39 is 0 Å². The SMILES string of the molecule is CC(c1ccsc1)N1CCN(c2ncnc3[nH]ncc23)CC1. The Morgan fingerprint density at radius 1 is 1.23 bits per heavy atom. The number of nitrogens with zero attached hydrogens (tertiary/aromatic N) is 5. The van der Waals surface area contributed by atoms with Gasteiger partial charge in [-0.15, -0.1) is 0 Å². The fourth-order valence-electron chi connectivity index (χ4n) is 3.05. The van der Waals surface area contributed by atoms with Crippen LogP contribution in [-0.4, -0.2) is 51.2 Å². The standard InChI is InChI=1S/C15H18N6S/c1-11(12-2-7-22-9-12)20-3-5-21(6-4-20)15-13-8-18-19-14(13)16-10-17-15/h2,7-11H,3-6H2,1H3,(H,16,17,18,19). The van der Waals surface area contributed by atoms with Crippen molar-refractivity contribution in [1.82, 2.24) is 25.1 Å². The van der Waals surface area contributed by atoms with Gasteiger partial charge in [0.2, 0.25) is 0 Å². The van der Waals surface area contributed by atoms with Crippen LogP contribution in [0.3, 0.4) is 0 Å². The molecule has 0 saturated carbocycles. The molecule has 6 nitrogen and oxygen atoms in total. The number of aromatic nitrogens is 4. The summed E-state index contributed by atoms with van der Waals surface area (Å²) in [6, 6.07) is 2.70.